The van der Waals surface area contributed by atoms with Gasteiger partial charge in [0.1, 0.15) is 5.75 Å². The molecule has 1 N–H and O–H groups in total. The molecule has 0 saturated heterocycles. The first-order valence-corrected chi connectivity index (χ1v) is 10.1. The Kier molecular flexibility index (Phi) is 5.48. The second-order valence-corrected chi connectivity index (χ2v) is 11.6. The van der Waals surface area contributed by atoms with Crippen molar-refractivity contribution in [1.29, 1.82) is 0 Å². The molecule has 0 amide bonds. The molecule has 4 heteroatoms. The molecule has 0 aliphatic heterocycles. The normalized spacial score (nSPS) is 14.3. The van der Waals surface area contributed by atoms with Crippen LogP contribution in [0.5, 0.6) is 5.75 Å². The van der Waals surface area contributed by atoms with E-state index in [1.807, 2.05) is 24.3 Å². The lowest BCUT2D eigenvalue weighted by molar-refractivity contribution is 0.198. The van der Waals surface area contributed by atoms with Crippen LogP contribution in [-0.4, -0.2) is 25.4 Å². The minimum absolute atomic E-state index is 0.179. The summed E-state index contributed by atoms with van der Waals surface area (Å²) in [5, 5.41) is 9.78. The Morgan fingerprint density at radius 3 is 2.47 bits per heavy atom. The van der Waals surface area contributed by atoms with Crippen LogP contribution in [0.3, 0.4) is 0 Å². The maximum Gasteiger partial charge on any atom is 0.250 e. The number of halogens is 1. The van der Waals surface area contributed by atoms with Crippen LogP contribution in [0.15, 0.2) is 24.3 Å². The van der Waals surface area contributed by atoms with Gasteiger partial charge in [0, 0.05) is 5.88 Å². The van der Waals surface area contributed by atoms with Gasteiger partial charge in [-0.25, -0.2) is 0 Å². The van der Waals surface area contributed by atoms with E-state index in [1.54, 1.807) is 0 Å². The maximum atomic E-state index is 9.60. The molecule has 0 bridgehead atoms. The lowest BCUT2D eigenvalue weighted by atomic mass is 10.1. The van der Waals surface area contributed by atoms with E-state index in [4.69, 9.17) is 16.0 Å². The summed E-state index contributed by atoms with van der Waals surface area (Å²) < 4.78 is 6.25. The topological polar surface area (TPSA) is 29.5 Å². The summed E-state index contributed by atoms with van der Waals surface area (Å²) >= 11 is 5.63. The number of aliphatic hydroxyl groups is 1. The Morgan fingerprint density at radius 1 is 1.32 bits per heavy atom. The fourth-order valence-electron chi connectivity index (χ4n) is 1.51. The fourth-order valence-corrected chi connectivity index (χ4v) is 2.64. The number of rotatable bonds is 5. The number of benzene rings is 1. The van der Waals surface area contributed by atoms with Gasteiger partial charge in [-0.3, -0.25) is 0 Å². The summed E-state index contributed by atoms with van der Waals surface area (Å²) in [5.41, 5.74) is 1.06. The molecular formula is C15H25ClO2Si. The molecule has 0 spiro atoms. The zero-order valence-corrected chi connectivity index (χ0v) is 14.3. The molecule has 0 heterocycles. The number of aliphatic hydroxyl groups excluding tert-OH is 1. The van der Waals surface area contributed by atoms with Crippen LogP contribution >= 0.6 is 11.6 Å². The van der Waals surface area contributed by atoms with Crippen molar-refractivity contribution < 1.29 is 9.53 Å². The smallest absolute Gasteiger partial charge is 0.250 e. The van der Waals surface area contributed by atoms with E-state index in [1.165, 1.54) is 0 Å². The highest BCUT2D eigenvalue weighted by atomic mass is 35.5. The molecule has 0 aliphatic rings. The van der Waals surface area contributed by atoms with Crippen molar-refractivity contribution in [3.05, 3.63) is 29.8 Å². The van der Waals surface area contributed by atoms with Gasteiger partial charge < -0.3 is 9.53 Å². The van der Waals surface area contributed by atoms with Crippen molar-refractivity contribution in [2.45, 2.75) is 51.4 Å². The van der Waals surface area contributed by atoms with Crippen LogP contribution < -0.4 is 4.43 Å². The summed E-state index contributed by atoms with van der Waals surface area (Å²) in [5.74, 6) is 1.15. The van der Waals surface area contributed by atoms with Gasteiger partial charge in [-0.15, -0.1) is 11.6 Å². The van der Waals surface area contributed by atoms with Crippen LogP contribution in [0.4, 0.5) is 0 Å². The molecule has 0 fully saturated rings. The van der Waals surface area contributed by atoms with E-state index in [2.05, 4.69) is 33.9 Å². The highest BCUT2D eigenvalue weighted by Crippen LogP contribution is 2.37. The predicted molar refractivity (Wildman–Crippen MR) is 84.7 cm³/mol. The molecule has 19 heavy (non-hydrogen) atoms. The van der Waals surface area contributed by atoms with Gasteiger partial charge >= 0.3 is 0 Å². The molecule has 2 nitrogen and oxygen atoms in total. The van der Waals surface area contributed by atoms with Crippen molar-refractivity contribution in [3.63, 3.8) is 0 Å². The second-order valence-electron chi connectivity index (χ2n) is 6.52. The fraction of sp³-hybridized carbons (Fsp3) is 0.600. The summed E-state index contributed by atoms with van der Waals surface area (Å²) in [4.78, 5) is 0. The molecule has 0 aliphatic carbocycles. The molecule has 0 saturated carbocycles. The van der Waals surface area contributed by atoms with Gasteiger partial charge in [0.25, 0.3) is 0 Å². The zero-order chi connectivity index (χ0) is 14.7. The molecular weight excluding hydrogens is 276 g/mol. The number of alkyl halides is 1. The lowest BCUT2D eigenvalue weighted by Crippen LogP contribution is -2.43. The monoisotopic (exact) mass is 300 g/mol. The van der Waals surface area contributed by atoms with Gasteiger partial charge in [0.2, 0.25) is 8.32 Å². The summed E-state index contributed by atoms with van der Waals surface area (Å²) in [6.45, 7) is 11.1. The highest BCUT2D eigenvalue weighted by Gasteiger charge is 2.38. The average Bonchev–Trinajstić information content (AvgIpc) is 2.27. The van der Waals surface area contributed by atoms with Crippen LogP contribution in [-0.2, 0) is 6.42 Å². The third kappa shape index (κ3) is 4.82. The van der Waals surface area contributed by atoms with Crippen LogP contribution in [0.2, 0.25) is 18.1 Å². The first kappa shape index (κ1) is 16.5. The standard InChI is InChI=1S/C15H25ClO2Si/c1-15(2,3)19(4,5)18-14-8-6-7-12(10-14)9-13(17)11-16/h6-8,10,13,17H,9,11H2,1-5H3/t13-/m0/s1. The lowest BCUT2D eigenvalue weighted by Gasteiger charge is -2.36. The van der Waals surface area contributed by atoms with Crippen molar-refractivity contribution in [2.24, 2.45) is 0 Å². The highest BCUT2D eigenvalue weighted by molar-refractivity contribution is 6.74. The molecule has 108 valence electrons. The van der Waals surface area contributed by atoms with Crippen molar-refractivity contribution in [1.82, 2.24) is 0 Å². The number of hydrogen-bond donors (Lipinski definition) is 1. The van der Waals surface area contributed by atoms with Crippen LogP contribution in [0.25, 0.3) is 0 Å². The van der Waals surface area contributed by atoms with Crippen LogP contribution in [0, 0.1) is 0 Å². The SMILES string of the molecule is CC(C)(C)[Si](C)(C)Oc1cccc(C[C@H](O)CCl)c1. The Morgan fingerprint density at radius 2 is 1.95 bits per heavy atom. The quantitative estimate of drug-likeness (QED) is 0.652. The molecule has 0 radical (unpaired) electrons. The molecule has 0 aromatic heterocycles. The van der Waals surface area contributed by atoms with E-state index in [0.717, 1.165) is 11.3 Å². The molecule has 1 rings (SSSR count). The Labute approximate surface area is 122 Å². The third-order valence-corrected chi connectivity index (χ3v) is 8.44. The second kappa shape index (κ2) is 6.29. The Balaban J connectivity index is 2.83. The molecule has 1 aromatic carbocycles. The molecule has 1 aromatic rings. The third-order valence-electron chi connectivity index (χ3n) is 3.73. The van der Waals surface area contributed by atoms with E-state index in [-0.39, 0.29) is 10.9 Å². The molecule has 0 unspecified atom stereocenters. The largest absolute Gasteiger partial charge is 0.543 e. The van der Waals surface area contributed by atoms with E-state index in [9.17, 15) is 5.11 Å². The molecule has 1 atom stereocenters. The van der Waals surface area contributed by atoms with Crippen LogP contribution in [0.1, 0.15) is 26.3 Å². The van der Waals surface area contributed by atoms with Gasteiger partial charge in [0.15, 0.2) is 0 Å². The first-order valence-electron chi connectivity index (χ1n) is 6.68. The Hall–Kier alpha value is -0.513. The summed E-state index contributed by atoms with van der Waals surface area (Å²) in [6, 6.07) is 7.96. The van der Waals surface area contributed by atoms with Gasteiger partial charge in [-0.2, -0.15) is 0 Å². The Bertz CT molecular complexity index is 413. The van der Waals surface area contributed by atoms with E-state index >= 15 is 0 Å². The minimum atomic E-state index is -1.81. The van der Waals surface area contributed by atoms with Gasteiger partial charge in [-0.1, -0.05) is 32.9 Å². The van der Waals surface area contributed by atoms with Gasteiger partial charge in [-0.05, 0) is 42.2 Å². The zero-order valence-electron chi connectivity index (χ0n) is 12.5. The number of hydrogen-bond acceptors (Lipinski definition) is 2. The summed E-state index contributed by atoms with van der Waals surface area (Å²) in [7, 11) is -1.81. The first-order chi connectivity index (χ1) is 8.65. The van der Waals surface area contributed by atoms with Crippen molar-refractivity contribution in [2.75, 3.05) is 5.88 Å². The average molecular weight is 301 g/mol. The van der Waals surface area contributed by atoms with Gasteiger partial charge in [0.05, 0.1) is 6.10 Å². The summed E-state index contributed by atoms with van der Waals surface area (Å²) in [6.07, 6.45) is 0.0721. The van der Waals surface area contributed by atoms with E-state index < -0.39 is 14.4 Å². The minimum Gasteiger partial charge on any atom is -0.543 e. The predicted octanol–water partition coefficient (Wildman–Crippen LogP) is 4.21. The van der Waals surface area contributed by atoms with Crippen molar-refractivity contribution in [3.8, 4) is 5.75 Å². The van der Waals surface area contributed by atoms with Crippen molar-refractivity contribution >= 4 is 19.9 Å². The maximum absolute atomic E-state index is 9.60. The van der Waals surface area contributed by atoms with E-state index in [0.29, 0.717) is 6.42 Å².